The van der Waals surface area contributed by atoms with E-state index in [2.05, 4.69) is 15.9 Å². The van der Waals surface area contributed by atoms with E-state index in [0.717, 1.165) is 6.07 Å². The van der Waals surface area contributed by atoms with Crippen molar-refractivity contribution in [3.05, 3.63) is 28.0 Å². The van der Waals surface area contributed by atoms with E-state index in [-0.39, 0.29) is 11.3 Å². The van der Waals surface area contributed by atoms with E-state index in [4.69, 9.17) is 11.5 Å². The lowest BCUT2D eigenvalue weighted by atomic mass is 10.2. The number of hydrogen-bond acceptors (Lipinski definition) is 2. The molecule has 1 aromatic carbocycles. The highest BCUT2D eigenvalue weighted by Gasteiger charge is 2.09. The summed E-state index contributed by atoms with van der Waals surface area (Å²) in [4.78, 5) is 10.7. The zero-order valence-electron chi connectivity index (χ0n) is 5.97. The Kier molecular flexibility index (Phi) is 2.32. The molecule has 0 bridgehead atoms. The fraction of sp³-hybridized carbons (Fsp3) is 0. The Morgan fingerprint density at radius 1 is 1.50 bits per heavy atom. The standard InChI is InChI=1S/C7H6BrFN2O/c8-4-2-5(9)6(10)1-3(4)7(11)12/h1-2H,10H2,(H2,11,12). The molecule has 0 atom stereocenters. The van der Waals surface area contributed by atoms with E-state index >= 15 is 0 Å². The van der Waals surface area contributed by atoms with Crippen LogP contribution in [0.4, 0.5) is 10.1 Å². The molecule has 1 aromatic rings. The Hall–Kier alpha value is -1.10. The molecule has 3 nitrogen and oxygen atoms in total. The molecule has 0 aromatic heterocycles. The highest BCUT2D eigenvalue weighted by atomic mass is 79.9. The topological polar surface area (TPSA) is 69.1 Å². The molecule has 0 fully saturated rings. The van der Waals surface area contributed by atoms with Gasteiger partial charge in [-0.1, -0.05) is 0 Å². The first kappa shape index (κ1) is 8.99. The molecule has 0 aliphatic carbocycles. The van der Waals surface area contributed by atoms with E-state index in [9.17, 15) is 9.18 Å². The summed E-state index contributed by atoms with van der Waals surface area (Å²) in [6.45, 7) is 0. The Balaban J connectivity index is 3.33. The van der Waals surface area contributed by atoms with Crippen molar-refractivity contribution in [2.24, 2.45) is 5.73 Å². The summed E-state index contributed by atoms with van der Waals surface area (Å²) >= 11 is 2.99. The number of nitrogens with two attached hydrogens (primary N) is 2. The minimum absolute atomic E-state index is 0.0907. The highest BCUT2D eigenvalue weighted by molar-refractivity contribution is 9.10. The van der Waals surface area contributed by atoms with Gasteiger partial charge in [0.25, 0.3) is 0 Å². The maximum Gasteiger partial charge on any atom is 0.249 e. The van der Waals surface area contributed by atoms with Gasteiger partial charge in [-0.3, -0.25) is 4.79 Å². The first-order valence-electron chi connectivity index (χ1n) is 3.06. The van der Waals surface area contributed by atoms with Crippen molar-refractivity contribution in [2.45, 2.75) is 0 Å². The number of hydrogen-bond donors (Lipinski definition) is 2. The molecule has 0 saturated carbocycles. The van der Waals surface area contributed by atoms with Gasteiger partial charge in [-0.15, -0.1) is 0 Å². The number of anilines is 1. The van der Waals surface area contributed by atoms with Crippen LogP contribution in [0.1, 0.15) is 10.4 Å². The molecule has 1 amide bonds. The lowest BCUT2D eigenvalue weighted by molar-refractivity contribution is 0.0999. The highest BCUT2D eigenvalue weighted by Crippen LogP contribution is 2.22. The SMILES string of the molecule is NC(=O)c1cc(N)c(F)cc1Br. The minimum Gasteiger partial charge on any atom is -0.396 e. The van der Waals surface area contributed by atoms with Crippen LogP contribution in [0.25, 0.3) is 0 Å². The van der Waals surface area contributed by atoms with Crippen molar-refractivity contribution in [1.82, 2.24) is 0 Å². The van der Waals surface area contributed by atoms with Crippen molar-refractivity contribution in [1.29, 1.82) is 0 Å². The quantitative estimate of drug-likeness (QED) is 0.717. The summed E-state index contributed by atoms with van der Waals surface area (Å²) in [5, 5.41) is 0. The molecule has 64 valence electrons. The average molecular weight is 233 g/mol. The maximum absolute atomic E-state index is 12.7. The van der Waals surface area contributed by atoms with E-state index in [1.165, 1.54) is 6.07 Å². The number of halogens is 2. The second-order valence-corrected chi connectivity index (χ2v) is 3.07. The van der Waals surface area contributed by atoms with Gasteiger partial charge in [0.05, 0.1) is 11.3 Å². The molecule has 0 aliphatic heterocycles. The molecular formula is C7H6BrFN2O. The molecule has 0 saturated heterocycles. The van der Waals surface area contributed by atoms with Crippen LogP contribution in [-0.4, -0.2) is 5.91 Å². The van der Waals surface area contributed by atoms with E-state index in [1.54, 1.807) is 0 Å². The Morgan fingerprint density at radius 2 is 2.08 bits per heavy atom. The van der Waals surface area contributed by atoms with Gasteiger partial charge in [0.1, 0.15) is 5.82 Å². The van der Waals surface area contributed by atoms with Gasteiger partial charge in [0, 0.05) is 4.47 Å². The molecular weight excluding hydrogens is 227 g/mol. The molecule has 0 radical (unpaired) electrons. The predicted octanol–water partition coefficient (Wildman–Crippen LogP) is 1.27. The number of amides is 1. The van der Waals surface area contributed by atoms with E-state index in [0.29, 0.717) is 4.47 Å². The minimum atomic E-state index is -0.645. The van der Waals surface area contributed by atoms with Crippen molar-refractivity contribution in [3.63, 3.8) is 0 Å². The molecule has 12 heavy (non-hydrogen) atoms. The maximum atomic E-state index is 12.7. The summed E-state index contributed by atoms with van der Waals surface area (Å²) in [6.07, 6.45) is 0. The predicted molar refractivity (Wildman–Crippen MR) is 47.0 cm³/mol. The largest absolute Gasteiger partial charge is 0.396 e. The first-order chi connectivity index (χ1) is 5.52. The van der Waals surface area contributed by atoms with Gasteiger partial charge in [-0.2, -0.15) is 0 Å². The summed E-state index contributed by atoms with van der Waals surface area (Å²) in [7, 11) is 0. The second kappa shape index (κ2) is 3.10. The molecule has 0 aliphatic rings. The number of carbonyl (C=O) groups excluding carboxylic acids is 1. The third-order valence-electron chi connectivity index (χ3n) is 1.35. The van der Waals surface area contributed by atoms with Crippen molar-refractivity contribution in [2.75, 3.05) is 5.73 Å². The summed E-state index contributed by atoms with van der Waals surface area (Å²) in [5.74, 6) is -1.22. The van der Waals surface area contributed by atoms with Gasteiger partial charge in [0.15, 0.2) is 0 Å². The Bertz CT molecular complexity index is 340. The normalized spacial score (nSPS) is 9.83. The average Bonchev–Trinajstić information content (AvgIpc) is 1.96. The van der Waals surface area contributed by atoms with E-state index < -0.39 is 11.7 Å². The van der Waals surface area contributed by atoms with Crippen LogP contribution in [0.5, 0.6) is 0 Å². The first-order valence-corrected chi connectivity index (χ1v) is 3.86. The van der Waals surface area contributed by atoms with E-state index in [1.807, 2.05) is 0 Å². The lowest BCUT2D eigenvalue weighted by Crippen LogP contribution is -2.12. The van der Waals surface area contributed by atoms with Crippen LogP contribution in [0.3, 0.4) is 0 Å². The van der Waals surface area contributed by atoms with Crippen LogP contribution < -0.4 is 11.5 Å². The molecule has 1 rings (SSSR count). The molecule has 0 heterocycles. The fourth-order valence-corrected chi connectivity index (χ4v) is 1.27. The second-order valence-electron chi connectivity index (χ2n) is 2.22. The van der Waals surface area contributed by atoms with Crippen LogP contribution in [0, 0.1) is 5.82 Å². The number of nitrogen functional groups attached to an aromatic ring is 1. The van der Waals surface area contributed by atoms with Crippen molar-refractivity contribution >= 4 is 27.5 Å². The molecule has 5 heteroatoms. The molecule has 0 spiro atoms. The van der Waals surface area contributed by atoms with Gasteiger partial charge in [0.2, 0.25) is 5.91 Å². The Labute approximate surface area is 76.7 Å². The summed E-state index contributed by atoms with van der Waals surface area (Å²) in [5.41, 5.74) is 10.3. The number of primary amides is 1. The van der Waals surface area contributed by atoms with Crippen molar-refractivity contribution in [3.8, 4) is 0 Å². The van der Waals surface area contributed by atoms with Gasteiger partial charge >= 0.3 is 0 Å². The zero-order valence-corrected chi connectivity index (χ0v) is 7.56. The van der Waals surface area contributed by atoms with Crippen LogP contribution in [-0.2, 0) is 0 Å². The number of rotatable bonds is 1. The summed E-state index contributed by atoms with van der Waals surface area (Å²) < 4.78 is 13.0. The van der Waals surface area contributed by atoms with Crippen LogP contribution in [0.15, 0.2) is 16.6 Å². The van der Waals surface area contributed by atoms with Gasteiger partial charge < -0.3 is 11.5 Å². The molecule has 0 unspecified atom stereocenters. The Morgan fingerprint density at radius 3 is 2.58 bits per heavy atom. The number of benzene rings is 1. The monoisotopic (exact) mass is 232 g/mol. The third-order valence-corrected chi connectivity index (χ3v) is 2.01. The van der Waals surface area contributed by atoms with Gasteiger partial charge in [-0.25, -0.2) is 4.39 Å². The number of carbonyl (C=O) groups is 1. The van der Waals surface area contributed by atoms with Gasteiger partial charge in [-0.05, 0) is 28.1 Å². The zero-order chi connectivity index (χ0) is 9.30. The fourth-order valence-electron chi connectivity index (χ4n) is 0.755. The third kappa shape index (κ3) is 1.55. The van der Waals surface area contributed by atoms with Crippen LogP contribution in [0.2, 0.25) is 0 Å². The lowest BCUT2D eigenvalue weighted by Gasteiger charge is -2.02. The smallest absolute Gasteiger partial charge is 0.249 e. The molecule has 4 N–H and O–H groups in total. The van der Waals surface area contributed by atoms with Crippen LogP contribution >= 0.6 is 15.9 Å². The summed E-state index contributed by atoms with van der Waals surface area (Å²) in [6, 6.07) is 2.30. The van der Waals surface area contributed by atoms with Crippen molar-refractivity contribution < 1.29 is 9.18 Å².